The Morgan fingerprint density at radius 3 is 2.27 bits per heavy atom. The van der Waals surface area contributed by atoms with Gasteiger partial charge in [0.15, 0.2) is 0 Å². The molecule has 1 heteroatoms. The molecule has 0 heterocycles. The van der Waals surface area contributed by atoms with Crippen LogP contribution in [-0.4, -0.2) is 11.2 Å². The fourth-order valence-electron chi connectivity index (χ4n) is 2.99. The highest BCUT2D eigenvalue weighted by atomic mass is 16.3. The zero-order valence-electron chi connectivity index (χ0n) is 10.7. The van der Waals surface area contributed by atoms with Crippen LogP contribution < -0.4 is 0 Å². The lowest BCUT2D eigenvalue weighted by atomic mass is 9.88. The van der Waals surface area contributed by atoms with Crippen LogP contribution in [0, 0.1) is 17.8 Å². The number of rotatable bonds is 6. The molecular weight excluding hydrogens is 184 g/mol. The van der Waals surface area contributed by atoms with E-state index in [0.717, 1.165) is 18.3 Å². The molecule has 0 aliphatic heterocycles. The molecule has 0 bridgehead atoms. The van der Waals surface area contributed by atoms with Crippen molar-refractivity contribution in [3.05, 3.63) is 0 Å². The van der Waals surface area contributed by atoms with E-state index < -0.39 is 0 Å². The van der Waals surface area contributed by atoms with E-state index in [9.17, 15) is 5.11 Å². The summed E-state index contributed by atoms with van der Waals surface area (Å²) >= 11 is 0. The Kier molecular flexibility index (Phi) is 5.66. The summed E-state index contributed by atoms with van der Waals surface area (Å²) < 4.78 is 0. The number of hydrogen-bond acceptors (Lipinski definition) is 1. The SMILES string of the molecule is CCC(CC)CC(O)C1CCC(CC)C1. The minimum absolute atomic E-state index is 0.0218. The van der Waals surface area contributed by atoms with Crippen molar-refractivity contribution in [3.63, 3.8) is 0 Å². The highest BCUT2D eigenvalue weighted by Gasteiger charge is 2.29. The summed E-state index contributed by atoms with van der Waals surface area (Å²) in [5, 5.41) is 10.2. The first-order chi connectivity index (χ1) is 7.21. The van der Waals surface area contributed by atoms with Crippen LogP contribution in [0.1, 0.15) is 65.7 Å². The molecule has 1 N–H and O–H groups in total. The minimum atomic E-state index is -0.0218. The smallest absolute Gasteiger partial charge is 0.0571 e. The lowest BCUT2D eigenvalue weighted by molar-refractivity contribution is 0.0805. The van der Waals surface area contributed by atoms with Crippen LogP contribution in [0.2, 0.25) is 0 Å². The van der Waals surface area contributed by atoms with Crippen LogP contribution in [0.25, 0.3) is 0 Å². The Morgan fingerprint density at radius 1 is 1.13 bits per heavy atom. The first kappa shape index (κ1) is 13.0. The molecule has 0 aromatic rings. The van der Waals surface area contributed by atoms with Crippen LogP contribution >= 0.6 is 0 Å². The summed E-state index contributed by atoms with van der Waals surface area (Å²) in [6.07, 6.45) is 8.64. The van der Waals surface area contributed by atoms with E-state index >= 15 is 0 Å². The minimum Gasteiger partial charge on any atom is -0.393 e. The maximum Gasteiger partial charge on any atom is 0.0571 e. The maximum atomic E-state index is 10.2. The van der Waals surface area contributed by atoms with Gasteiger partial charge < -0.3 is 5.11 Å². The number of aliphatic hydroxyl groups is 1. The fourth-order valence-corrected chi connectivity index (χ4v) is 2.99. The van der Waals surface area contributed by atoms with Crippen molar-refractivity contribution >= 4 is 0 Å². The van der Waals surface area contributed by atoms with Gasteiger partial charge in [-0.1, -0.05) is 46.5 Å². The van der Waals surface area contributed by atoms with Crippen LogP contribution in [0.5, 0.6) is 0 Å². The first-order valence-electron chi connectivity index (χ1n) is 6.89. The van der Waals surface area contributed by atoms with Crippen molar-refractivity contribution in [2.24, 2.45) is 17.8 Å². The highest BCUT2D eigenvalue weighted by Crippen LogP contribution is 2.36. The molecule has 1 aliphatic rings. The van der Waals surface area contributed by atoms with Gasteiger partial charge in [-0.3, -0.25) is 0 Å². The third-order valence-electron chi connectivity index (χ3n) is 4.43. The quantitative estimate of drug-likeness (QED) is 0.705. The molecule has 0 aromatic heterocycles. The molecule has 90 valence electrons. The van der Waals surface area contributed by atoms with Crippen molar-refractivity contribution in [2.45, 2.75) is 71.8 Å². The predicted octanol–water partition coefficient (Wildman–Crippen LogP) is 4.00. The predicted molar refractivity (Wildman–Crippen MR) is 65.8 cm³/mol. The maximum absolute atomic E-state index is 10.2. The van der Waals surface area contributed by atoms with E-state index in [2.05, 4.69) is 20.8 Å². The normalized spacial score (nSPS) is 28.6. The van der Waals surface area contributed by atoms with E-state index in [1.165, 1.54) is 38.5 Å². The Balaban J connectivity index is 2.31. The Morgan fingerprint density at radius 2 is 1.80 bits per heavy atom. The fraction of sp³-hybridized carbons (Fsp3) is 1.00. The van der Waals surface area contributed by atoms with Crippen molar-refractivity contribution in [1.29, 1.82) is 0 Å². The first-order valence-corrected chi connectivity index (χ1v) is 6.89. The molecular formula is C14H28O. The summed E-state index contributed by atoms with van der Waals surface area (Å²) in [6, 6.07) is 0. The zero-order valence-corrected chi connectivity index (χ0v) is 10.7. The molecule has 0 saturated heterocycles. The monoisotopic (exact) mass is 212 g/mol. The number of aliphatic hydroxyl groups excluding tert-OH is 1. The van der Waals surface area contributed by atoms with E-state index in [1.54, 1.807) is 0 Å². The summed E-state index contributed by atoms with van der Waals surface area (Å²) in [5.74, 6) is 2.24. The number of hydrogen-bond donors (Lipinski definition) is 1. The second kappa shape index (κ2) is 6.52. The topological polar surface area (TPSA) is 20.2 Å². The lowest BCUT2D eigenvalue weighted by Crippen LogP contribution is -2.21. The third-order valence-corrected chi connectivity index (χ3v) is 4.43. The van der Waals surface area contributed by atoms with Gasteiger partial charge in [0.2, 0.25) is 0 Å². The standard InChI is InChI=1S/C14H28O/c1-4-11(5-2)10-14(15)13-8-7-12(6-3)9-13/h11-15H,4-10H2,1-3H3. The largest absolute Gasteiger partial charge is 0.393 e. The molecule has 1 saturated carbocycles. The van der Waals surface area contributed by atoms with Crippen molar-refractivity contribution in [2.75, 3.05) is 0 Å². The molecule has 1 aliphatic carbocycles. The molecule has 1 rings (SSSR count). The van der Waals surface area contributed by atoms with Gasteiger partial charge in [0, 0.05) is 0 Å². The summed E-state index contributed by atoms with van der Waals surface area (Å²) in [7, 11) is 0. The zero-order chi connectivity index (χ0) is 11.3. The van der Waals surface area contributed by atoms with Crippen molar-refractivity contribution < 1.29 is 5.11 Å². The summed E-state index contributed by atoms with van der Waals surface area (Å²) in [5.41, 5.74) is 0. The summed E-state index contributed by atoms with van der Waals surface area (Å²) in [6.45, 7) is 6.76. The van der Waals surface area contributed by atoms with E-state index in [0.29, 0.717) is 5.92 Å². The highest BCUT2D eigenvalue weighted by molar-refractivity contribution is 4.81. The third kappa shape index (κ3) is 3.79. The average molecular weight is 212 g/mol. The molecule has 0 amide bonds. The van der Waals surface area contributed by atoms with Crippen LogP contribution in [-0.2, 0) is 0 Å². The average Bonchev–Trinajstić information content (AvgIpc) is 2.74. The Labute approximate surface area is 95.3 Å². The molecule has 1 fully saturated rings. The van der Waals surface area contributed by atoms with Gasteiger partial charge >= 0.3 is 0 Å². The van der Waals surface area contributed by atoms with Gasteiger partial charge in [-0.15, -0.1) is 0 Å². The molecule has 1 nitrogen and oxygen atoms in total. The van der Waals surface area contributed by atoms with Crippen LogP contribution in [0.3, 0.4) is 0 Å². The van der Waals surface area contributed by atoms with Gasteiger partial charge in [-0.2, -0.15) is 0 Å². The molecule has 15 heavy (non-hydrogen) atoms. The summed E-state index contributed by atoms with van der Waals surface area (Å²) in [4.78, 5) is 0. The molecule has 0 aromatic carbocycles. The van der Waals surface area contributed by atoms with Gasteiger partial charge in [-0.05, 0) is 37.0 Å². The molecule has 3 atom stereocenters. The molecule has 0 radical (unpaired) electrons. The van der Waals surface area contributed by atoms with Gasteiger partial charge in [0.1, 0.15) is 0 Å². The molecule has 3 unspecified atom stereocenters. The van der Waals surface area contributed by atoms with Gasteiger partial charge in [-0.25, -0.2) is 0 Å². The van der Waals surface area contributed by atoms with Gasteiger partial charge in [0.25, 0.3) is 0 Å². The van der Waals surface area contributed by atoms with Gasteiger partial charge in [0.05, 0.1) is 6.10 Å². The van der Waals surface area contributed by atoms with E-state index in [-0.39, 0.29) is 6.10 Å². The van der Waals surface area contributed by atoms with Crippen molar-refractivity contribution in [3.8, 4) is 0 Å². The van der Waals surface area contributed by atoms with Crippen LogP contribution in [0.4, 0.5) is 0 Å². The lowest BCUT2D eigenvalue weighted by Gasteiger charge is -2.22. The Hall–Kier alpha value is -0.0400. The van der Waals surface area contributed by atoms with Crippen LogP contribution in [0.15, 0.2) is 0 Å². The second-order valence-corrected chi connectivity index (χ2v) is 5.33. The van der Waals surface area contributed by atoms with E-state index in [4.69, 9.17) is 0 Å². The van der Waals surface area contributed by atoms with E-state index in [1.807, 2.05) is 0 Å². The second-order valence-electron chi connectivity index (χ2n) is 5.33. The van der Waals surface area contributed by atoms with Crippen molar-refractivity contribution in [1.82, 2.24) is 0 Å². The molecule has 0 spiro atoms. The Bertz CT molecular complexity index is 163.